The highest BCUT2D eigenvalue weighted by Gasteiger charge is 2.37. The highest BCUT2D eigenvalue weighted by molar-refractivity contribution is 7.99. The quantitative estimate of drug-likeness (QED) is 0.748. The maximum absolute atomic E-state index is 13.1. The average Bonchev–Trinajstić information content (AvgIpc) is 2.69. The summed E-state index contributed by atoms with van der Waals surface area (Å²) in [5.41, 5.74) is 1.52. The number of benzene rings is 2. The van der Waals surface area contributed by atoms with Crippen molar-refractivity contribution < 1.29 is 9.90 Å². The number of nitrogens with zero attached hydrogens (tertiary/aromatic N) is 2. The Labute approximate surface area is 179 Å². The van der Waals surface area contributed by atoms with Gasteiger partial charge in [0.05, 0.1) is 10.9 Å². The monoisotopic (exact) mass is 446 g/mol. The summed E-state index contributed by atoms with van der Waals surface area (Å²) in [6.45, 7) is 1.20. The van der Waals surface area contributed by atoms with Gasteiger partial charge in [-0.3, -0.25) is 4.79 Å². The van der Waals surface area contributed by atoms with Crippen LogP contribution in [0.2, 0.25) is 10.0 Å². The molecule has 3 rings (SSSR count). The van der Waals surface area contributed by atoms with Gasteiger partial charge in [0.2, 0.25) is 0 Å². The first-order valence-corrected chi connectivity index (χ1v) is 9.87. The van der Waals surface area contributed by atoms with E-state index in [4.69, 9.17) is 23.2 Å². The number of rotatable bonds is 4. The molecule has 0 bridgehead atoms. The number of thioether (sulfide) groups is 1. The van der Waals surface area contributed by atoms with E-state index in [1.54, 1.807) is 23.1 Å². The van der Waals surface area contributed by atoms with Gasteiger partial charge in [0.25, 0.3) is 5.91 Å². The van der Waals surface area contributed by atoms with Crippen molar-refractivity contribution in [3.05, 3.63) is 58.1 Å². The molecule has 0 aliphatic carbocycles. The molecule has 1 heterocycles. The lowest BCUT2D eigenvalue weighted by Crippen LogP contribution is -2.43. The predicted octanol–water partition coefficient (Wildman–Crippen LogP) is 4.52. The lowest BCUT2D eigenvalue weighted by atomic mass is 10.1. The third-order valence-corrected chi connectivity index (χ3v) is 6.18. The van der Waals surface area contributed by atoms with E-state index < -0.39 is 11.4 Å². The minimum atomic E-state index is -1.20. The number of fused-ring (bicyclic) bond motifs is 1. The largest absolute Gasteiger partial charge is 0.382 e. The number of hydrogen-bond donors (Lipinski definition) is 1. The van der Waals surface area contributed by atoms with E-state index in [2.05, 4.69) is 0 Å². The fourth-order valence-corrected chi connectivity index (χ4v) is 4.78. The van der Waals surface area contributed by atoms with Crippen LogP contribution in [-0.4, -0.2) is 49.2 Å². The van der Waals surface area contributed by atoms with Crippen molar-refractivity contribution in [1.82, 2.24) is 4.90 Å². The number of amides is 1. The molecule has 0 fully saturated rings. The fourth-order valence-electron chi connectivity index (χ4n) is 2.89. The molecule has 0 saturated heterocycles. The molecule has 0 spiro atoms. The van der Waals surface area contributed by atoms with E-state index in [9.17, 15) is 9.90 Å². The maximum atomic E-state index is 13.1. The molecule has 0 aromatic heterocycles. The first-order chi connectivity index (χ1) is 12.4. The third-order valence-electron chi connectivity index (χ3n) is 4.26. The van der Waals surface area contributed by atoms with Crippen molar-refractivity contribution >= 4 is 59.0 Å². The second-order valence-corrected chi connectivity index (χ2v) is 8.44. The van der Waals surface area contributed by atoms with E-state index in [0.29, 0.717) is 28.7 Å². The number of aliphatic hydroxyl groups excluding tert-OH is 1. The summed E-state index contributed by atoms with van der Waals surface area (Å²) >= 11 is 13.8. The number of halogens is 3. The Hall–Kier alpha value is -0.950. The van der Waals surface area contributed by atoms with E-state index in [1.165, 1.54) is 11.8 Å². The predicted molar refractivity (Wildman–Crippen MR) is 116 cm³/mol. The van der Waals surface area contributed by atoms with Crippen LogP contribution in [0.25, 0.3) is 0 Å². The van der Waals surface area contributed by atoms with Crippen molar-refractivity contribution in [3.63, 3.8) is 0 Å². The zero-order chi connectivity index (χ0) is 18.8. The Morgan fingerprint density at radius 2 is 1.89 bits per heavy atom. The number of likely N-dealkylation sites (N-methyl/N-ethyl adjacent to an activating group) is 1. The van der Waals surface area contributed by atoms with Crippen LogP contribution in [0.3, 0.4) is 0 Å². The molecule has 146 valence electrons. The summed E-state index contributed by atoms with van der Waals surface area (Å²) in [7, 11) is 3.91. The number of carbonyl (C=O) groups excluding carboxylic acids is 1. The van der Waals surface area contributed by atoms with E-state index >= 15 is 0 Å². The summed E-state index contributed by atoms with van der Waals surface area (Å²) in [6.07, 6.45) is -1.20. The van der Waals surface area contributed by atoms with E-state index in [-0.39, 0.29) is 18.3 Å². The molecule has 2 atom stereocenters. The summed E-state index contributed by atoms with van der Waals surface area (Å²) < 4.78 is 0. The van der Waals surface area contributed by atoms with Gasteiger partial charge in [-0.15, -0.1) is 24.2 Å². The Kier molecular flexibility index (Phi) is 7.86. The van der Waals surface area contributed by atoms with Gasteiger partial charge in [-0.2, -0.15) is 0 Å². The van der Waals surface area contributed by atoms with Crippen molar-refractivity contribution in [2.24, 2.45) is 0 Å². The molecule has 0 radical (unpaired) electrons. The molecule has 27 heavy (non-hydrogen) atoms. The molecule has 8 heteroatoms. The average molecular weight is 448 g/mol. The Morgan fingerprint density at radius 3 is 2.56 bits per heavy atom. The molecule has 1 aliphatic heterocycles. The number of aliphatic hydroxyl groups is 1. The zero-order valence-corrected chi connectivity index (χ0v) is 18.1. The van der Waals surface area contributed by atoms with Crippen LogP contribution in [-0.2, 0) is 4.79 Å². The SMILES string of the molecule is CN(C)CCN1C(=O)C(O)C(c2ccc(Cl)cc2Cl)Sc2ccccc21.Cl. The molecule has 0 saturated carbocycles. The van der Waals surface area contributed by atoms with Gasteiger partial charge < -0.3 is 14.9 Å². The van der Waals surface area contributed by atoms with Crippen molar-refractivity contribution in [2.75, 3.05) is 32.1 Å². The third kappa shape index (κ3) is 4.91. The van der Waals surface area contributed by atoms with Gasteiger partial charge in [-0.25, -0.2) is 0 Å². The second kappa shape index (κ2) is 9.50. The molecule has 1 amide bonds. The molecule has 2 aromatic carbocycles. The molecule has 1 N–H and O–H groups in total. The van der Waals surface area contributed by atoms with Crippen molar-refractivity contribution in [1.29, 1.82) is 0 Å². The molecular weight excluding hydrogens is 427 g/mol. The van der Waals surface area contributed by atoms with Gasteiger partial charge in [0.15, 0.2) is 0 Å². The standard InChI is InChI=1S/C19H20Cl2N2O2S.ClH/c1-22(2)9-10-23-15-5-3-4-6-16(15)26-18(17(24)19(23)25)13-8-7-12(20)11-14(13)21;/h3-8,11,17-18,24H,9-10H2,1-2H3;1H. The minimum absolute atomic E-state index is 0. The Balaban J connectivity index is 0.00000261. The van der Waals surface area contributed by atoms with E-state index in [0.717, 1.165) is 10.6 Å². The highest BCUT2D eigenvalue weighted by atomic mass is 35.5. The number of hydrogen-bond acceptors (Lipinski definition) is 4. The summed E-state index contributed by atoms with van der Waals surface area (Å²) in [5.74, 6) is -0.319. The van der Waals surface area contributed by atoms with Crippen LogP contribution in [0.5, 0.6) is 0 Å². The molecule has 2 aromatic rings. The van der Waals surface area contributed by atoms with Gasteiger partial charge in [0.1, 0.15) is 6.10 Å². The number of anilines is 1. The van der Waals surface area contributed by atoms with Crippen LogP contribution in [0.1, 0.15) is 10.8 Å². The minimum Gasteiger partial charge on any atom is -0.382 e. The number of carbonyl (C=O) groups is 1. The van der Waals surface area contributed by atoms with Crippen LogP contribution >= 0.6 is 47.4 Å². The van der Waals surface area contributed by atoms with Gasteiger partial charge in [0, 0.05) is 28.0 Å². The van der Waals surface area contributed by atoms with Gasteiger partial charge >= 0.3 is 0 Å². The Bertz CT molecular complexity index is 819. The summed E-state index contributed by atoms with van der Waals surface area (Å²) in [5, 5.41) is 11.3. The van der Waals surface area contributed by atoms with E-state index in [1.807, 2.05) is 43.3 Å². The van der Waals surface area contributed by atoms with Crippen LogP contribution in [0, 0.1) is 0 Å². The topological polar surface area (TPSA) is 43.8 Å². The van der Waals surface area contributed by atoms with Crippen LogP contribution in [0.15, 0.2) is 47.4 Å². The summed E-state index contributed by atoms with van der Waals surface area (Å²) in [4.78, 5) is 17.7. The Morgan fingerprint density at radius 1 is 1.19 bits per heavy atom. The smallest absolute Gasteiger partial charge is 0.257 e. The zero-order valence-electron chi connectivity index (χ0n) is 14.9. The lowest BCUT2D eigenvalue weighted by Gasteiger charge is -2.26. The molecular formula is C19H21Cl3N2O2S. The van der Waals surface area contributed by atoms with Crippen molar-refractivity contribution in [2.45, 2.75) is 16.2 Å². The molecule has 2 unspecified atom stereocenters. The summed E-state index contributed by atoms with van der Waals surface area (Å²) in [6, 6.07) is 12.8. The van der Waals surface area contributed by atoms with Gasteiger partial charge in [-0.05, 0) is 43.9 Å². The normalized spacial score (nSPS) is 19.5. The second-order valence-electron chi connectivity index (χ2n) is 6.41. The lowest BCUT2D eigenvalue weighted by molar-refractivity contribution is -0.126. The maximum Gasteiger partial charge on any atom is 0.257 e. The molecule has 1 aliphatic rings. The van der Waals surface area contributed by atoms with Crippen LogP contribution in [0.4, 0.5) is 5.69 Å². The van der Waals surface area contributed by atoms with Crippen LogP contribution < -0.4 is 4.90 Å². The first-order valence-electron chi connectivity index (χ1n) is 8.23. The van der Waals surface area contributed by atoms with Crippen molar-refractivity contribution in [3.8, 4) is 0 Å². The van der Waals surface area contributed by atoms with Gasteiger partial charge in [-0.1, -0.05) is 41.4 Å². The first kappa shape index (κ1) is 22.3. The number of para-hydroxylation sites is 1. The fraction of sp³-hybridized carbons (Fsp3) is 0.316. The highest BCUT2D eigenvalue weighted by Crippen LogP contribution is 2.47. The molecule has 4 nitrogen and oxygen atoms in total.